The molecule has 1 rings (SSSR count). The van der Waals surface area contributed by atoms with Gasteiger partial charge in [-0.2, -0.15) is 8.78 Å². The number of hydrogen-bond donors (Lipinski definition) is 1. The Morgan fingerprint density at radius 2 is 2.12 bits per heavy atom. The molecule has 17 heavy (non-hydrogen) atoms. The molecule has 1 aromatic rings. The van der Waals surface area contributed by atoms with Gasteiger partial charge in [0.05, 0.1) is 19.2 Å². The zero-order valence-corrected chi connectivity index (χ0v) is 8.33. The van der Waals surface area contributed by atoms with Crippen LogP contribution in [0.4, 0.5) is 23.4 Å². The summed E-state index contributed by atoms with van der Waals surface area (Å²) in [6, 6.07) is 2.24. The van der Waals surface area contributed by atoms with Gasteiger partial charge in [-0.15, -0.1) is 0 Å². The molecule has 9 heteroatoms. The van der Waals surface area contributed by atoms with Gasteiger partial charge >= 0.3 is 18.2 Å². The molecule has 0 amide bonds. The van der Waals surface area contributed by atoms with Crippen LogP contribution in [-0.2, 0) is 6.54 Å². The highest BCUT2D eigenvalue weighted by atomic mass is 19.3. The zero-order chi connectivity index (χ0) is 13.1. The lowest BCUT2D eigenvalue weighted by Crippen LogP contribution is -2.38. The summed E-state index contributed by atoms with van der Waals surface area (Å²) in [7, 11) is 0. The maximum Gasteiger partial charge on any atom is 0.433 e. The normalized spacial score (nSPS) is 12.1. The van der Waals surface area contributed by atoms with Crippen molar-refractivity contribution < 1.29 is 26.9 Å². The predicted octanol–water partition coefficient (Wildman–Crippen LogP) is 2.18. The zero-order valence-electron chi connectivity index (χ0n) is 8.33. The molecule has 1 aromatic heterocycles. The molecule has 96 valence electrons. The van der Waals surface area contributed by atoms with E-state index in [1.54, 1.807) is 0 Å². The lowest BCUT2D eigenvalue weighted by atomic mass is 10.3. The summed E-state index contributed by atoms with van der Waals surface area (Å²) in [5.74, 6) is -4.66. The fourth-order valence-corrected chi connectivity index (χ4v) is 0.989. The fourth-order valence-electron chi connectivity index (χ4n) is 0.989. The molecular weight excluding hydrogens is 248 g/mol. The van der Waals surface area contributed by atoms with Crippen molar-refractivity contribution in [2.45, 2.75) is 18.9 Å². The molecule has 0 saturated heterocycles. The second-order valence-corrected chi connectivity index (χ2v) is 3.16. The summed E-state index contributed by atoms with van der Waals surface area (Å²) < 4.78 is 53.0. The van der Waals surface area contributed by atoms with E-state index in [0.717, 1.165) is 6.07 Å². The molecule has 5 nitrogen and oxygen atoms in total. The molecule has 0 aliphatic rings. The second-order valence-electron chi connectivity index (χ2n) is 3.16. The first-order valence-electron chi connectivity index (χ1n) is 4.42. The first-order valence-corrected chi connectivity index (χ1v) is 4.42. The van der Waals surface area contributed by atoms with Gasteiger partial charge in [0.1, 0.15) is 10.7 Å². The van der Waals surface area contributed by atoms with Crippen LogP contribution >= 0.6 is 0 Å². The van der Waals surface area contributed by atoms with Gasteiger partial charge in [-0.05, 0) is 6.07 Å². The number of rotatable bonds is 6. The van der Waals surface area contributed by atoms with Crippen LogP contribution in [0.25, 0.3) is 0 Å². The monoisotopic (exact) mass is 256 g/mol. The van der Waals surface area contributed by atoms with Crippen LogP contribution in [-0.4, -0.2) is 23.8 Å². The van der Waals surface area contributed by atoms with Crippen molar-refractivity contribution in [1.82, 2.24) is 5.32 Å². The number of hydrogen-bond acceptors (Lipinski definition) is 4. The van der Waals surface area contributed by atoms with Crippen molar-refractivity contribution in [3.05, 3.63) is 28.0 Å². The van der Waals surface area contributed by atoms with E-state index in [4.69, 9.17) is 0 Å². The molecule has 0 aromatic carbocycles. The first-order chi connectivity index (χ1) is 7.83. The average Bonchev–Trinajstić information content (AvgIpc) is 2.66. The molecular formula is C8H8F4N2O3. The fraction of sp³-hybridized carbons (Fsp3) is 0.500. The quantitative estimate of drug-likeness (QED) is 0.481. The van der Waals surface area contributed by atoms with Crippen LogP contribution in [0, 0.1) is 10.1 Å². The van der Waals surface area contributed by atoms with E-state index in [9.17, 15) is 27.7 Å². The van der Waals surface area contributed by atoms with E-state index < -0.39 is 29.7 Å². The van der Waals surface area contributed by atoms with Gasteiger partial charge in [0.2, 0.25) is 0 Å². The molecule has 0 fully saturated rings. The van der Waals surface area contributed by atoms with Gasteiger partial charge in [0.25, 0.3) is 0 Å². The number of nitrogens with zero attached hydrogens (tertiary/aromatic N) is 1. The maximum absolute atomic E-state index is 12.4. The number of alkyl halides is 4. The van der Waals surface area contributed by atoms with Crippen LogP contribution in [0.1, 0.15) is 5.76 Å². The summed E-state index contributed by atoms with van der Waals surface area (Å²) in [6.07, 6.45) is -3.76. The Labute approximate surface area is 92.6 Å². The van der Waals surface area contributed by atoms with Crippen LogP contribution in [0.3, 0.4) is 0 Å². The van der Waals surface area contributed by atoms with Gasteiger partial charge in [0, 0.05) is 0 Å². The van der Waals surface area contributed by atoms with Crippen molar-refractivity contribution in [1.29, 1.82) is 0 Å². The lowest BCUT2D eigenvalue weighted by Gasteiger charge is -2.14. The van der Waals surface area contributed by atoms with Crippen LogP contribution < -0.4 is 5.32 Å². The standard InChI is InChI=1S/C8H8F4N2O3/c9-7(10)8(11,12)4-13-3-5-1-2-6(17-5)14(15)16/h1-2,7,13H,3-4H2. The third-order valence-corrected chi connectivity index (χ3v) is 1.81. The molecule has 0 aliphatic carbocycles. The molecule has 1 N–H and O–H groups in total. The average molecular weight is 256 g/mol. The van der Waals surface area contributed by atoms with Crippen molar-refractivity contribution in [2.24, 2.45) is 0 Å². The Kier molecular flexibility index (Phi) is 4.05. The molecule has 1 heterocycles. The van der Waals surface area contributed by atoms with Crippen molar-refractivity contribution in [3.8, 4) is 0 Å². The highest BCUT2D eigenvalue weighted by Gasteiger charge is 2.40. The molecule has 0 aliphatic heterocycles. The smallest absolute Gasteiger partial charge is 0.404 e. The Morgan fingerprint density at radius 3 is 2.59 bits per heavy atom. The van der Waals surface area contributed by atoms with E-state index in [-0.39, 0.29) is 12.3 Å². The summed E-state index contributed by atoms with van der Waals surface area (Å²) in [5.41, 5.74) is 0. The Bertz CT molecular complexity index is 394. The molecule has 0 saturated carbocycles. The van der Waals surface area contributed by atoms with Crippen molar-refractivity contribution in [2.75, 3.05) is 6.54 Å². The van der Waals surface area contributed by atoms with E-state index in [0.29, 0.717) is 0 Å². The summed E-state index contributed by atoms with van der Waals surface area (Å²) in [5, 5.41) is 12.2. The number of nitro groups is 1. The van der Waals surface area contributed by atoms with E-state index in [1.165, 1.54) is 6.07 Å². The van der Waals surface area contributed by atoms with Gasteiger partial charge in [-0.3, -0.25) is 10.1 Å². The van der Waals surface area contributed by atoms with Gasteiger partial charge in [-0.1, -0.05) is 0 Å². The highest BCUT2D eigenvalue weighted by Crippen LogP contribution is 2.22. The van der Waals surface area contributed by atoms with E-state index in [1.807, 2.05) is 5.32 Å². The minimum Gasteiger partial charge on any atom is -0.404 e. The topological polar surface area (TPSA) is 68.3 Å². The summed E-state index contributed by atoms with van der Waals surface area (Å²) >= 11 is 0. The minimum atomic E-state index is -4.14. The number of halogens is 4. The van der Waals surface area contributed by atoms with Crippen LogP contribution in [0.5, 0.6) is 0 Å². The SMILES string of the molecule is O=[N+]([O-])c1ccc(CNCC(F)(F)C(F)F)o1. The Morgan fingerprint density at radius 1 is 1.47 bits per heavy atom. The second kappa shape index (κ2) is 5.13. The molecule has 0 bridgehead atoms. The molecule has 0 radical (unpaired) electrons. The van der Waals surface area contributed by atoms with Crippen LogP contribution in [0.2, 0.25) is 0 Å². The molecule has 0 spiro atoms. The summed E-state index contributed by atoms with van der Waals surface area (Å²) in [4.78, 5) is 9.41. The van der Waals surface area contributed by atoms with E-state index in [2.05, 4.69) is 4.42 Å². The predicted molar refractivity (Wildman–Crippen MR) is 48.0 cm³/mol. The third kappa shape index (κ3) is 3.70. The van der Waals surface area contributed by atoms with E-state index >= 15 is 0 Å². The first kappa shape index (κ1) is 13.4. The van der Waals surface area contributed by atoms with Gasteiger partial charge in [-0.25, -0.2) is 8.78 Å². The number of nitrogens with one attached hydrogen (secondary N) is 1. The molecule has 0 unspecified atom stereocenters. The Hall–Kier alpha value is -1.64. The summed E-state index contributed by atoms with van der Waals surface area (Å²) in [6.45, 7) is -1.53. The lowest BCUT2D eigenvalue weighted by molar-refractivity contribution is -0.402. The molecule has 0 atom stereocenters. The third-order valence-electron chi connectivity index (χ3n) is 1.81. The van der Waals surface area contributed by atoms with Crippen molar-refractivity contribution >= 4 is 5.88 Å². The Balaban J connectivity index is 2.43. The van der Waals surface area contributed by atoms with Gasteiger partial charge in [0.15, 0.2) is 0 Å². The van der Waals surface area contributed by atoms with Crippen LogP contribution in [0.15, 0.2) is 16.5 Å². The highest BCUT2D eigenvalue weighted by molar-refractivity contribution is 5.17. The minimum absolute atomic E-state index is 0.0155. The largest absolute Gasteiger partial charge is 0.433 e. The van der Waals surface area contributed by atoms with Gasteiger partial charge < -0.3 is 9.73 Å². The maximum atomic E-state index is 12.4. The number of furan rings is 1. The van der Waals surface area contributed by atoms with Crippen molar-refractivity contribution in [3.63, 3.8) is 0 Å².